The molecule has 2 aromatic rings. The lowest BCUT2D eigenvalue weighted by atomic mass is 10.2. The average Bonchev–Trinajstić information content (AvgIpc) is 2.77. The third-order valence-electron chi connectivity index (χ3n) is 4.93. The van der Waals surface area contributed by atoms with Crippen LogP contribution in [0.2, 0.25) is 0 Å². The molecule has 3 rings (SSSR count). The van der Waals surface area contributed by atoms with Crippen LogP contribution in [0.5, 0.6) is 0 Å². The highest BCUT2D eigenvalue weighted by atomic mass is 32.2. The van der Waals surface area contributed by atoms with Crippen molar-refractivity contribution in [3.05, 3.63) is 72.1 Å². The van der Waals surface area contributed by atoms with Gasteiger partial charge in [-0.25, -0.2) is 12.8 Å². The van der Waals surface area contributed by atoms with Gasteiger partial charge in [0.05, 0.1) is 5.75 Å². The Morgan fingerprint density at radius 2 is 1.67 bits per heavy atom. The van der Waals surface area contributed by atoms with E-state index in [-0.39, 0.29) is 17.5 Å². The van der Waals surface area contributed by atoms with E-state index in [0.717, 1.165) is 11.3 Å². The van der Waals surface area contributed by atoms with E-state index < -0.39 is 10.0 Å². The van der Waals surface area contributed by atoms with Crippen LogP contribution < -0.4 is 10.2 Å². The molecule has 1 amide bonds. The van der Waals surface area contributed by atoms with Gasteiger partial charge in [0.15, 0.2) is 0 Å². The summed E-state index contributed by atoms with van der Waals surface area (Å²) in [6.45, 7) is 2.21. The zero-order chi connectivity index (χ0) is 21.4. The predicted molar refractivity (Wildman–Crippen MR) is 117 cm³/mol. The van der Waals surface area contributed by atoms with Gasteiger partial charge in [0, 0.05) is 44.5 Å². The van der Waals surface area contributed by atoms with Crippen LogP contribution in [0.3, 0.4) is 0 Å². The maximum atomic E-state index is 13.1. The van der Waals surface area contributed by atoms with Crippen LogP contribution >= 0.6 is 0 Å². The van der Waals surface area contributed by atoms with Gasteiger partial charge in [-0.1, -0.05) is 30.3 Å². The molecule has 0 bridgehead atoms. The summed E-state index contributed by atoms with van der Waals surface area (Å²) >= 11 is 0. The summed E-state index contributed by atoms with van der Waals surface area (Å²) in [5.74, 6) is -0.543. The monoisotopic (exact) mass is 431 g/mol. The van der Waals surface area contributed by atoms with Gasteiger partial charge in [0.25, 0.3) is 0 Å². The van der Waals surface area contributed by atoms with Crippen molar-refractivity contribution in [1.29, 1.82) is 0 Å². The Morgan fingerprint density at radius 3 is 2.33 bits per heavy atom. The SMILES string of the molecule is O=C(/C=C/c1ccccc1)NCCCS(=O)(=O)N1CCN(c2ccc(F)cc2)CC1. The lowest BCUT2D eigenvalue weighted by molar-refractivity contribution is -0.116. The molecule has 0 aliphatic carbocycles. The van der Waals surface area contributed by atoms with Gasteiger partial charge in [-0.2, -0.15) is 4.31 Å². The number of benzene rings is 2. The van der Waals surface area contributed by atoms with Gasteiger partial charge in [0.1, 0.15) is 5.82 Å². The van der Waals surface area contributed by atoms with Crippen molar-refractivity contribution in [2.24, 2.45) is 0 Å². The molecular formula is C22H26FN3O3S. The second-order valence-corrected chi connectivity index (χ2v) is 9.16. The summed E-state index contributed by atoms with van der Waals surface area (Å²) in [5.41, 5.74) is 1.81. The number of sulfonamides is 1. The predicted octanol–water partition coefficient (Wildman–Crippen LogP) is 2.50. The van der Waals surface area contributed by atoms with Gasteiger partial charge in [0.2, 0.25) is 15.9 Å². The molecule has 0 spiro atoms. The number of anilines is 1. The summed E-state index contributed by atoms with van der Waals surface area (Å²) < 4.78 is 39.7. The minimum Gasteiger partial charge on any atom is -0.369 e. The van der Waals surface area contributed by atoms with E-state index in [1.165, 1.54) is 22.5 Å². The average molecular weight is 432 g/mol. The second-order valence-electron chi connectivity index (χ2n) is 7.07. The van der Waals surface area contributed by atoms with Crippen molar-refractivity contribution in [3.63, 3.8) is 0 Å². The smallest absolute Gasteiger partial charge is 0.243 e. The lowest BCUT2D eigenvalue weighted by Gasteiger charge is -2.35. The molecule has 1 heterocycles. The van der Waals surface area contributed by atoms with Crippen LogP contribution in [0.15, 0.2) is 60.7 Å². The van der Waals surface area contributed by atoms with E-state index in [2.05, 4.69) is 5.32 Å². The zero-order valence-electron chi connectivity index (χ0n) is 16.7. The third kappa shape index (κ3) is 6.40. The van der Waals surface area contributed by atoms with Gasteiger partial charge in [-0.3, -0.25) is 4.79 Å². The lowest BCUT2D eigenvalue weighted by Crippen LogP contribution is -2.49. The number of amides is 1. The Morgan fingerprint density at radius 1 is 1.00 bits per heavy atom. The molecule has 0 radical (unpaired) electrons. The van der Waals surface area contributed by atoms with Crippen LogP contribution in [0.4, 0.5) is 10.1 Å². The van der Waals surface area contributed by atoms with Crippen molar-refractivity contribution >= 4 is 27.7 Å². The highest BCUT2D eigenvalue weighted by Crippen LogP contribution is 2.18. The van der Waals surface area contributed by atoms with Crippen molar-refractivity contribution in [2.75, 3.05) is 43.4 Å². The first-order chi connectivity index (χ1) is 14.4. The van der Waals surface area contributed by atoms with E-state index in [4.69, 9.17) is 0 Å². The molecular weight excluding hydrogens is 405 g/mol. The molecule has 0 unspecified atom stereocenters. The maximum absolute atomic E-state index is 13.1. The molecule has 8 heteroatoms. The Labute approximate surface area is 177 Å². The highest BCUT2D eigenvalue weighted by Gasteiger charge is 2.26. The summed E-state index contributed by atoms with van der Waals surface area (Å²) in [4.78, 5) is 13.9. The van der Waals surface area contributed by atoms with Crippen LogP contribution in [-0.2, 0) is 14.8 Å². The van der Waals surface area contributed by atoms with Gasteiger partial charge in [-0.15, -0.1) is 0 Å². The number of hydrogen-bond donors (Lipinski definition) is 1. The molecule has 160 valence electrons. The minimum atomic E-state index is -3.37. The summed E-state index contributed by atoms with van der Waals surface area (Å²) in [6.07, 6.45) is 3.51. The van der Waals surface area contributed by atoms with Crippen LogP contribution in [0.25, 0.3) is 6.08 Å². The first-order valence-electron chi connectivity index (χ1n) is 9.93. The Bertz CT molecular complexity index is 955. The number of rotatable bonds is 8. The molecule has 1 aliphatic heterocycles. The van der Waals surface area contributed by atoms with Crippen molar-refractivity contribution in [1.82, 2.24) is 9.62 Å². The summed E-state index contributed by atoms with van der Waals surface area (Å²) in [7, 11) is -3.37. The topological polar surface area (TPSA) is 69.7 Å². The largest absolute Gasteiger partial charge is 0.369 e. The number of carbonyl (C=O) groups is 1. The molecule has 30 heavy (non-hydrogen) atoms. The maximum Gasteiger partial charge on any atom is 0.243 e. The fourth-order valence-corrected chi connectivity index (χ4v) is 4.75. The van der Waals surface area contributed by atoms with Gasteiger partial charge in [-0.05, 0) is 42.3 Å². The van der Waals surface area contributed by atoms with Gasteiger partial charge < -0.3 is 10.2 Å². The summed E-state index contributed by atoms with van der Waals surface area (Å²) in [6, 6.07) is 15.7. The molecule has 0 atom stereocenters. The van der Waals surface area contributed by atoms with E-state index in [1.54, 1.807) is 18.2 Å². The fourth-order valence-electron chi connectivity index (χ4n) is 3.27. The van der Waals surface area contributed by atoms with E-state index >= 15 is 0 Å². The van der Waals surface area contributed by atoms with Crippen molar-refractivity contribution < 1.29 is 17.6 Å². The van der Waals surface area contributed by atoms with E-state index in [0.29, 0.717) is 39.1 Å². The first kappa shape index (κ1) is 22.0. The molecule has 1 aliphatic rings. The molecule has 1 fully saturated rings. The molecule has 1 saturated heterocycles. The van der Waals surface area contributed by atoms with Gasteiger partial charge >= 0.3 is 0 Å². The van der Waals surface area contributed by atoms with Crippen LogP contribution in [0.1, 0.15) is 12.0 Å². The molecule has 1 N–H and O–H groups in total. The number of nitrogens with zero attached hydrogens (tertiary/aromatic N) is 2. The standard InChI is InChI=1S/C22H26FN3O3S/c23-20-8-10-21(11-9-20)25-14-16-26(17-15-25)30(28,29)18-4-13-24-22(27)12-7-19-5-2-1-3-6-19/h1-3,5-12H,4,13-18H2,(H,24,27)/b12-7+. The first-order valence-corrected chi connectivity index (χ1v) is 11.5. The molecule has 6 nitrogen and oxygen atoms in total. The highest BCUT2D eigenvalue weighted by molar-refractivity contribution is 7.89. The molecule has 0 aromatic heterocycles. The Kier molecular flexibility index (Phi) is 7.59. The minimum absolute atomic E-state index is 0.00771. The summed E-state index contributed by atoms with van der Waals surface area (Å²) in [5, 5.41) is 2.71. The van der Waals surface area contributed by atoms with Crippen LogP contribution in [-0.4, -0.2) is 57.1 Å². The quantitative estimate of drug-likeness (QED) is 0.515. The normalized spacial score (nSPS) is 15.4. The molecule has 2 aromatic carbocycles. The van der Waals surface area contributed by atoms with Crippen molar-refractivity contribution in [3.8, 4) is 0 Å². The third-order valence-corrected chi connectivity index (χ3v) is 6.89. The van der Waals surface area contributed by atoms with E-state index in [9.17, 15) is 17.6 Å². The second kappa shape index (κ2) is 10.4. The fraction of sp³-hybridized carbons (Fsp3) is 0.318. The number of nitrogens with one attached hydrogen (secondary N) is 1. The van der Waals surface area contributed by atoms with Crippen molar-refractivity contribution in [2.45, 2.75) is 6.42 Å². The Hall–Kier alpha value is -2.71. The van der Waals surface area contributed by atoms with Crippen LogP contribution in [0, 0.1) is 5.82 Å². The number of carbonyl (C=O) groups excluding carboxylic acids is 1. The number of hydrogen-bond acceptors (Lipinski definition) is 4. The number of piperazine rings is 1. The molecule has 0 saturated carbocycles. The Balaban J connectivity index is 1.38. The number of halogens is 1. The van der Waals surface area contributed by atoms with E-state index in [1.807, 2.05) is 35.2 Å². The zero-order valence-corrected chi connectivity index (χ0v) is 17.5.